The molecular formula is C28H27ClN6O2. The highest BCUT2D eigenvalue weighted by Gasteiger charge is 2.29. The Bertz CT molecular complexity index is 1500. The zero-order valence-corrected chi connectivity index (χ0v) is 21.4. The highest BCUT2D eigenvalue weighted by Crippen LogP contribution is 2.31. The Hall–Kier alpha value is -4.17. The first-order chi connectivity index (χ1) is 17.8. The molecule has 1 saturated heterocycles. The summed E-state index contributed by atoms with van der Waals surface area (Å²) >= 11 is 6.41. The van der Waals surface area contributed by atoms with Crippen LogP contribution in [0, 0.1) is 6.92 Å². The Balaban J connectivity index is 1.28. The number of carbonyl (C=O) groups excluding carboxylic acids is 2. The number of nitrogens with one attached hydrogen (secondary N) is 1. The van der Waals surface area contributed by atoms with Gasteiger partial charge in [0.25, 0.3) is 11.8 Å². The van der Waals surface area contributed by atoms with Gasteiger partial charge in [-0.25, -0.2) is 4.98 Å². The first kappa shape index (κ1) is 24.5. The minimum Gasteiger partial charge on any atom is -0.383 e. The van der Waals surface area contributed by atoms with Gasteiger partial charge in [0.1, 0.15) is 5.82 Å². The first-order valence-electron chi connectivity index (χ1n) is 12.0. The van der Waals surface area contributed by atoms with Gasteiger partial charge in [0.15, 0.2) is 0 Å². The van der Waals surface area contributed by atoms with Gasteiger partial charge in [-0.15, -0.1) is 0 Å². The van der Waals surface area contributed by atoms with Crippen molar-refractivity contribution in [3.8, 4) is 22.3 Å². The lowest BCUT2D eigenvalue weighted by molar-refractivity contribution is 0.0783. The van der Waals surface area contributed by atoms with E-state index in [4.69, 9.17) is 17.3 Å². The average molecular weight is 515 g/mol. The van der Waals surface area contributed by atoms with Gasteiger partial charge < -0.3 is 16.0 Å². The van der Waals surface area contributed by atoms with E-state index in [1.165, 1.54) is 0 Å². The number of pyridine rings is 1. The fraction of sp³-hybridized carbons (Fsp3) is 0.214. The molecule has 0 spiro atoms. The van der Waals surface area contributed by atoms with Crippen molar-refractivity contribution in [2.45, 2.75) is 19.4 Å². The van der Waals surface area contributed by atoms with Crippen LogP contribution in [-0.4, -0.2) is 50.6 Å². The van der Waals surface area contributed by atoms with E-state index in [0.717, 1.165) is 27.8 Å². The second-order valence-corrected chi connectivity index (χ2v) is 9.69. The number of aryl methyl sites for hydroxylation is 2. The van der Waals surface area contributed by atoms with Gasteiger partial charge in [-0.1, -0.05) is 35.9 Å². The average Bonchev–Trinajstić information content (AvgIpc) is 3.54. The molecule has 1 atom stereocenters. The number of nitrogens with zero attached hydrogens (tertiary/aromatic N) is 4. The van der Waals surface area contributed by atoms with E-state index in [-0.39, 0.29) is 23.7 Å². The molecule has 5 rings (SSSR count). The van der Waals surface area contributed by atoms with Crippen molar-refractivity contribution >= 4 is 29.2 Å². The SMILES string of the molecule is Cc1ccc(C(=O)N2CC[C@@H](NC(=O)c3cc(-c4cnn(C)c4)cnc3N)C2)cc1-c1ccccc1Cl. The number of halogens is 1. The van der Waals surface area contributed by atoms with Crippen molar-refractivity contribution in [3.05, 3.63) is 88.8 Å². The molecule has 0 saturated carbocycles. The van der Waals surface area contributed by atoms with Crippen LogP contribution in [0.4, 0.5) is 5.82 Å². The van der Waals surface area contributed by atoms with Crippen LogP contribution in [0.15, 0.2) is 67.1 Å². The summed E-state index contributed by atoms with van der Waals surface area (Å²) in [7, 11) is 1.82. The van der Waals surface area contributed by atoms with Gasteiger partial charge in [0.05, 0.1) is 11.8 Å². The minimum atomic E-state index is -0.314. The fourth-order valence-corrected chi connectivity index (χ4v) is 4.86. The second-order valence-electron chi connectivity index (χ2n) is 9.28. The van der Waals surface area contributed by atoms with Crippen molar-refractivity contribution in [3.63, 3.8) is 0 Å². The maximum atomic E-state index is 13.3. The molecule has 37 heavy (non-hydrogen) atoms. The molecule has 3 heterocycles. The standard InChI is InChI=1S/C28H27ClN6O2/c1-17-7-8-18(11-23(17)22-5-3-4-6-25(22)29)28(37)35-10-9-21(16-35)33-27(36)24-12-19(13-31-26(24)30)20-14-32-34(2)15-20/h3-8,11-15,21H,9-10,16H2,1-2H3,(H2,30,31)(H,33,36)/t21-/m1/s1. The number of likely N-dealkylation sites (tertiary alicyclic amines) is 1. The number of hydrogen-bond acceptors (Lipinski definition) is 5. The van der Waals surface area contributed by atoms with Crippen LogP contribution < -0.4 is 11.1 Å². The number of hydrogen-bond donors (Lipinski definition) is 2. The Morgan fingerprint density at radius 1 is 1.08 bits per heavy atom. The van der Waals surface area contributed by atoms with E-state index in [9.17, 15) is 9.59 Å². The Labute approximate surface area is 220 Å². The molecule has 2 aromatic heterocycles. The summed E-state index contributed by atoms with van der Waals surface area (Å²) < 4.78 is 1.68. The molecule has 2 amide bonds. The largest absolute Gasteiger partial charge is 0.383 e. The van der Waals surface area contributed by atoms with Gasteiger partial charge in [-0.2, -0.15) is 5.10 Å². The number of nitrogen functional groups attached to an aromatic ring is 1. The van der Waals surface area contributed by atoms with E-state index in [2.05, 4.69) is 15.4 Å². The summed E-state index contributed by atoms with van der Waals surface area (Å²) in [6, 6.07) is 14.8. The van der Waals surface area contributed by atoms with Crippen LogP contribution in [0.2, 0.25) is 5.02 Å². The van der Waals surface area contributed by atoms with E-state index in [0.29, 0.717) is 35.7 Å². The monoisotopic (exact) mass is 514 g/mol. The molecular weight excluding hydrogens is 488 g/mol. The van der Waals surface area contributed by atoms with Crippen LogP contribution in [0.1, 0.15) is 32.7 Å². The number of anilines is 1. The van der Waals surface area contributed by atoms with Crippen LogP contribution in [0.3, 0.4) is 0 Å². The smallest absolute Gasteiger partial charge is 0.255 e. The number of aromatic nitrogens is 3. The Kier molecular flexibility index (Phi) is 6.67. The number of carbonyl (C=O) groups is 2. The number of nitrogens with two attached hydrogens (primary N) is 1. The normalized spacial score (nSPS) is 15.1. The van der Waals surface area contributed by atoms with Crippen LogP contribution in [-0.2, 0) is 7.05 Å². The molecule has 9 heteroatoms. The summed E-state index contributed by atoms with van der Waals surface area (Å²) in [6.07, 6.45) is 5.82. The highest BCUT2D eigenvalue weighted by atomic mass is 35.5. The predicted molar refractivity (Wildman–Crippen MR) is 144 cm³/mol. The molecule has 0 bridgehead atoms. The molecule has 0 radical (unpaired) electrons. The Morgan fingerprint density at radius 2 is 1.89 bits per heavy atom. The molecule has 1 fully saturated rings. The second kappa shape index (κ2) is 10.1. The molecule has 1 aliphatic heterocycles. The summed E-state index contributed by atoms with van der Waals surface area (Å²) in [5, 5.41) is 7.83. The third-order valence-electron chi connectivity index (χ3n) is 6.66. The summed E-state index contributed by atoms with van der Waals surface area (Å²) in [6.45, 7) is 2.95. The third kappa shape index (κ3) is 5.06. The van der Waals surface area contributed by atoms with Crippen molar-refractivity contribution in [2.24, 2.45) is 7.05 Å². The fourth-order valence-electron chi connectivity index (χ4n) is 4.62. The highest BCUT2D eigenvalue weighted by molar-refractivity contribution is 6.33. The van der Waals surface area contributed by atoms with Gasteiger partial charge in [0.2, 0.25) is 0 Å². The van der Waals surface area contributed by atoms with E-state index in [1.807, 2.05) is 62.6 Å². The molecule has 0 unspecified atom stereocenters. The van der Waals surface area contributed by atoms with Gasteiger partial charge in [-0.3, -0.25) is 14.3 Å². The van der Waals surface area contributed by atoms with Crippen molar-refractivity contribution in [2.75, 3.05) is 18.8 Å². The first-order valence-corrected chi connectivity index (χ1v) is 12.4. The topological polar surface area (TPSA) is 106 Å². The third-order valence-corrected chi connectivity index (χ3v) is 6.99. The lowest BCUT2D eigenvalue weighted by Crippen LogP contribution is -2.38. The maximum absolute atomic E-state index is 13.3. The molecule has 2 aromatic carbocycles. The maximum Gasteiger partial charge on any atom is 0.255 e. The summed E-state index contributed by atoms with van der Waals surface area (Å²) in [5.41, 5.74) is 11.4. The van der Waals surface area contributed by atoms with Gasteiger partial charge >= 0.3 is 0 Å². The van der Waals surface area contributed by atoms with E-state index < -0.39 is 0 Å². The number of rotatable bonds is 5. The van der Waals surface area contributed by atoms with Crippen LogP contribution in [0.5, 0.6) is 0 Å². The molecule has 0 aliphatic carbocycles. The zero-order valence-electron chi connectivity index (χ0n) is 20.6. The molecule has 8 nitrogen and oxygen atoms in total. The summed E-state index contributed by atoms with van der Waals surface area (Å²) in [4.78, 5) is 32.3. The van der Waals surface area contributed by atoms with Crippen LogP contribution >= 0.6 is 11.6 Å². The zero-order chi connectivity index (χ0) is 26.1. The molecule has 4 aromatic rings. The minimum absolute atomic E-state index is 0.0789. The molecule has 1 aliphatic rings. The molecule has 188 valence electrons. The van der Waals surface area contributed by atoms with Crippen molar-refractivity contribution in [1.29, 1.82) is 0 Å². The number of benzene rings is 2. The summed E-state index contributed by atoms with van der Waals surface area (Å²) in [5.74, 6) is -0.237. The van der Waals surface area contributed by atoms with Gasteiger partial charge in [0, 0.05) is 65.8 Å². The lowest BCUT2D eigenvalue weighted by Gasteiger charge is -2.19. The van der Waals surface area contributed by atoms with Gasteiger partial charge in [-0.05, 0) is 48.7 Å². The molecule has 3 N–H and O–H groups in total. The Morgan fingerprint density at radius 3 is 2.65 bits per heavy atom. The predicted octanol–water partition coefficient (Wildman–Crippen LogP) is 4.34. The van der Waals surface area contributed by atoms with E-state index >= 15 is 0 Å². The van der Waals surface area contributed by atoms with Crippen molar-refractivity contribution in [1.82, 2.24) is 25.0 Å². The van der Waals surface area contributed by atoms with Crippen molar-refractivity contribution < 1.29 is 9.59 Å². The van der Waals surface area contributed by atoms with Crippen LogP contribution in [0.25, 0.3) is 22.3 Å². The quantitative estimate of drug-likeness (QED) is 0.412. The lowest BCUT2D eigenvalue weighted by atomic mass is 9.97. The van der Waals surface area contributed by atoms with E-state index in [1.54, 1.807) is 28.0 Å². The number of amides is 2.